The standard InChI is InChI=1S/C35H42N4O2.C2H6/c1-26(40)30-20-15-28(16-21-30)14-13-27(9-5-8-12-34-36-38-39-37-34)17-22-31-10-6-7-11-33(31)41-25-29-18-23-32(24-19-29)35(2,3)4;1-2/h6-7,10-11,15-24,27H,5,8-9,12-14,25H2,1-4H3,(H,36,37,38,39);1-2H3/b22-17+;. The molecule has 0 saturated carbocycles. The van der Waals surface area contributed by atoms with E-state index in [4.69, 9.17) is 4.74 Å². The van der Waals surface area contributed by atoms with Crippen LogP contribution >= 0.6 is 0 Å². The van der Waals surface area contributed by atoms with Crippen molar-refractivity contribution in [2.24, 2.45) is 5.92 Å². The molecule has 228 valence electrons. The molecule has 0 aliphatic carbocycles. The number of nitrogens with one attached hydrogen (secondary N) is 1. The van der Waals surface area contributed by atoms with Crippen molar-refractivity contribution in [3.8, 4) is 5.75 Å². The van der Waals surface area contributed by atoms with Crippen LogP contribution in [0.5, 0.6) is 5.75 Å². The Morgan fingerprint density at radius 2 is 1.58 bits per heavy atom. The molecular formula is C37H48N4O2. The van der Waals surface area contributed by atoms with E-state index in [1.165, 1.54) is 11.1 Å². The number of H-pyrrole nitrogens is 1. The van der Waals surface area contributed by atoms with E-state index in [9.17, 15) is 4.79 Å². The third-order valence-corrected chi connectivity index (χ3v) is 7.46. The molecular weight excluding hydrogens is 532 g/mol. The van der Waals surface area contributed by atoms with E-state index in [2.05, 4.69) is 102 Å². The lowest BCUT2D eigenvalue weighted by atomic mass is 9.87. The Hall–Kier alpha value is -4.06. The number of rotatable bonds is 14. The van der Waals surface area contributed by atoms with Gasteiger partial charge >= 0.3 is 0 Å². The largest absolute Gasteiger partial charge is 0.488 e. The van der Waals surface area contributed by atoms with E-state index in [0.717, 1.165) is 66.8 Å². The molecule has 0 fully saturated rings. The van der Waals surface area contributed by atoms with E-state index >= 15 is 0 Å². The summed E-state index contributed by atoms with van der Waals surface area (Å²) in [4.78, 5) is 11.6. The Balaban J connectivity index is 0.00000248. The van der Waals surface area contributed by atoms with E-state index < -0.39 is 0 Å². The molecule has 0 aliphatic rings. The fourth-order valence-electron chi connectivity index (χ4n) is 4.82. The fourth-order valence-corrected chi connectivity index (χ4v) is 4.82. The molecule has 0 saturated heterocycles. The first-order chi connectivity index (χ1) is 20.8. The maximum atomic E-state index is 11.6. The first kappa shape index (κ1) is 33.4. The number of benzene rings is 3. The first-order valence-electron chi connectivity index (χ1n) is 15.6. The van der Waals surface area contributed by atoms with Crippen molar-refractivity contribution in [2.45, 2.75) is 92.1 Å². The molecule has 1 unspecified atom stereocenters. The number of ether oxygens (including phenoxy) is 1. The summed E-state index contributed by atoms with van der Waals surface area (Å²) >= 11 is 0. The Bertz CT molecular complexity index is 1390. The van der Waals surface area contributed by atoms with E-state index in [0.29, 0.717) is 12.5 Å². The van der Waals surface area contributed by atoms with Crippen molar-refractivity contribution in [3.63, 3.8) is 0 Å². The zero-order valence-electron chi connectivity index (χ0n) is 26.8. The smallest absolute Gasteiger partial charge is 0.174 e. The third kappa shape index (κ3) is 11.3. The van der Waals surface area contributed by atoms with Crippen LogP contribution in [-0.2, 0) is 24.9 Å². The van der Waals surface area contributed by atoms with Gasteiger partial charge in [-0.1, -0.05) is 125 Å². The van der Waals surface area contributed by atoms with E-state index in [1.54, 1.807) is 6.92 Å². The lowest BCUT2D eigenvalue weighted by Crippen LogP contribution is -2.10. The predicted octanol–water partition coefficient (Wildman–Crippen LogP) is 8.98. The Morgan fingerprint density at radius 1 is 0.884 bits per heavy atom. The monoisotopic (exact) mass is 580 g/mol. The minimum absolute atomic E-state index is 0.0989. The molecule has 1 heterocycles. The summed E-state index contributed by atoms with van der Waals surface area (Å²) in [5.41, 5.74) is 5.71. The van der Waals surface area contributed by atoms with Gasteiger partial charge in [0, 0.05) is 17.5 Å². The number of nitrogens with zero attached hydrogens (tertiary/aromatic N) is 3. The average molecular weight is 581 g/mol. The number of hydrogen-bond acceptors (Lipinski definition) is 5. The quantitative estimate of drug-likeness (QED) is 0.119. The highest BCUT2D eigenvalue weighted by atomic mass is 16.5. The Kier molecular flexibility index (Phi) is 13.3. The van der Waals surface area contributed by atoms with Crippen molar-refractivity contribution in [1.29, 1.82) is 0 Å². The molecule has 6 heteroatoms. The van der Waals surface area contributed by atoms with Crippen LogP contribution in [-0.4, -0.2) is 26.4 Å². The van der Waals surface area contributed by atoms with Crippen molar-refractivity contribution >= 4 is 11.9 Å². The highest BCUT2D eigenvalue weighted by Crippen LogP contribution is 2.26. The zero-order valence-corrected chi connectivity index (χ0v) is 26.8. The predicted molar refractivity (Wildman–Crippen MR) is 176 cm³/mol. The number of Topliss-reactive ketones (excluding diaryl/α,β-unsaturated/α-hetero) is 1. The molecule has 0 aliphatic heterocycles. The summed E-state index contributed by atoms with van der Waals surface area (Å²) in [7, 11) is 0. The number of carbonyl (C=O) groups is 1. The second-order valence-corrected chi connectivity index (χ2v) is 11.8. The van der Waals surface area contributed by atoms with Gasteiger partial charge in [0.05, 0.1) is 0 Å². The lowest BCUT2D eigenvalue weighted by Gasteiger charge is -2.19. The maximum absolute atomic E-state index is 11.6. The van der Waals surface area contributed by atoms with Crippen LogP contribution in [0.4, 0.5) is 0 Å². The van der Waals surface area contributed by atoms with Gasteiger partial charge in [-0.2, -0.15) is 5.21 Å². The third-order valence-electron chi connectivity index (χ3n) is 7.46. The Labute approximate surface area is 258 Å². The number of ketones is 1. The minimum Gasteiger partial charge on any atom is -0.488 e. The van der Waals surface area contributed by atoms with Crippen LogP contribution in [0.2, 0.25) is 0 Å². The number of tetrazole rings is 1. The molecule has 1 aromatic heterocycles. The summed E-state index contributed by atoms with van der Waals surface area (Å²) < 4.78 is 6.28. The van der Waals surface area contributed by atoms with Gasteiger partial charge in [0.1, 0.15) is 12.4 Å². The molecule has 1 N–H and O–H groups in total. The Morgan fingerprint density at radius 3 is 2.23 bits per heavy atom. The molecule has 0 bridgehead atoms. The van der Waals surface area contributed by atoms with E-state index in [-0.39, 0.29) is 11.2 Å². The van der Waals surface area contributed by atoms with Gasteiger partial charge in [-0.25, -0.2) is 0 Å². The van der Waals surface area contributed by atoms with Crippen LogP contribution in [0.15, 0.2) is 78.9 Å². The highest BCUT2D eigenvalue weighted by Gasteiger charge is 2.13. The fraction of sp³-hybridized carbons (Fsp3) is 0.405. The van der Waals surface area contributed by atoms with E-state index in [1.807, 2.05) is 38.1 Å². The molecule has 6 nitrogen and oxygen atoms in total. The van der Waals surface area contributed by atoms with Crippen LogP contribution in [0.25, 0.3) is 6.08 Å². The molecule has 1 atom stereocenters. The number of para-hydroxylation sites is 1. The molecule has 0 radical (unpaired) electrons. The van der Waals surface area contributed by atoms with Crippen molar-refractivity contribution in [2.75, 3.05) is 0 Å². The minimum atomic E-state index is 0.0989. The van der Waals surface area contributed by atoms with Gasteiger partial charge in [-0.3, -0.25) is 4.79 Å². The van der Waals surface area contributed by atoms with Crippen LogP contribution in [0, 0.1) is 5.92 Å². The van der Waals surface area contributed by atoms with Gasteiger partial charge in [-0.15, -0.1) is 10.2 Å². The number of aromatic nitrogens is 4. The van der Waals surface area contributed by atoms with Crippen LogP contribution < -0.4 is 4.74 Å². The molecule has 0 amide bonds. The molecule has 3 aromatic carbocycles. The molecule has 4 rings (SSSR count). The lowest BCUT2D eigenvalue weighted by molar-refractivity contribution is 0.101. The average Bonchev–Trinajstić information content (AvgIpc) is 3.54. The molecule has 0 spiro atoms. The van der Waals surface area contributed by atoms with Crippen molar-refractivity contribution in [1.82, 2.24) is 20.6 Å². The summed E-state index contributed by atoms with van der Waals surface area (Å²) in [6.45, 7) is 12.8. The summed E-state index contributed by atoms with van der Waals surface area (Å²) in [5, 5.41) is 14.3. The number of aromatic amines is 1. The number of allylic oxidation sites excluding steroid dienone is 1. The van der Waals surface area contributed by atoms with Crippen molar-refractivity contribution < 1.29 is 9.53 Å². The highest BCUT2D eigenvalue weighted by molar-refractivity contribution is 5.94. The molecule has 4 aromatic rings. The summed E-state index contributed by atoms with van der Waals surface area (Å²) in [5.74, 6) is 2.16. The number of aryl methyl sites for hydroxylation is 2. The number of unbranched alkanes of at least 4 members (excludes halogenated alkanes) is 1. The number of carbonyl (C=O) groups excluding carboxylic acids is 1. The zero-order chi connectivity index (χ0) is 31.1. The van der Waals surface area contributed by atoms with Gasteiger partial charge in [0.2, 0.25) is 0 Å². The van der Waals surface area contributed by atoms with Gasteiger partial charge < -0.3 is 4.74 Å². The second-order valence-electron chi connectivity index (χ2n) is 11.8. The topological polar surface area (TPSA) is 80.8 Å². The van der Waals surface area contributed by atoms with Gasteiger partial charge in [-0.05, 0) is 66.7 Å². The molecule has 43 heavy (non-hydrogen) atoms. The SMILES string of the molecule is CC.CC(=O)c1ccc(CCC(/C=C/c2ccccc2OCc2ccc(C(C)(C)C)cc2)CCCCc2nn[nH]n2)cc1. The van der Waals surface area contributed by atoms with Gasteiger partial charge in [0.15, 0.2) is 11.6 Å². The summed E-state index contributed by atoms with van der Waals surface area (Å²) in [6.07, 6.45) is 10.5. The second kappa shape index (κ2) is 17.2. The summed E-state index contributed by atoms with van der Waals surface area (Å²) in [6, 6.07) is 25.0. The van der Waals surface area contributed by atoms with Crippen LogP contribution in [0.1, 0.15) is 106 Å². The van der Waals surface area contributed by atoms with Crippen molar-refractivity contribution in [3.05, 3.63) is 113 Å². The first-order valence-corrected chi connectivity index (χ1v) is 15.6. The van der Waals surface area contributed by atoms with Gasteiger partial charge in [0.25, 0.3) is 0 Å². The normalized spacial score (nSPS) is 12.0. The maximum Gasteiger partial charge on any atom is 0.174 e. The number of hydrogen-bond donors (Lipinski definition) is 1. The van der Waals surface area contributed by atoms with Crippen LogP contribution in [0.3, 0.4) is 0 Å².